The fraction of sp³-hybridized carbons (Fsp3) is 0.565. The molecule has 2 aliphatic rings. The molecular weight excluding hydrogens is 350 g/mol. The Bertz CT molecular complexity index is 840. The van der Waals surface area contributed by atoms with Crippen LogP contribution in [0.5, 0.6) is 5.75 Å². The fourth-order valence-electron chi connectivity index (χ4n) is 4.51. The summed E-state index contributed by atoms with van der Waals surface area (Å²) in [6.45, 7) is 7.98. The molecule has 2 heterocycles. The van der Waals surface area contributed by atoms with E-state index < -0.39 is 0 Å². The van der Waals surface area contributed by atoms with Crippen LogP contribution in [0.3, 0.4) is 0 Å². The zero-order valence-corrected chi connectivity index (χ0v) is 17.2. The summed E-state index contributed by atoms with van der Waals surface area (Å²) in [4.78, 5) is 15.5. The van der Waals surface area contributed by atoms with Crippen molar-refractivity contribution in [2.75, 3.05) is 6.61 Å². The van der Waals surface area contributed by atoms with E-state index >= 15 is 0 Å². The molecule has 2 unspecified atom stereocenters. The van der Waals surface area contributed by atoms with Crippen molar-refractivity contribution in [1.29, 1.82) is 0 Å². The minimum Gasteiger partial charge on any atom is -0.494 e. The first-order chi connectivity index (χ1) is 13.6. The number of amides is 1. The van der Waals surface area contributed by atoms with Crippen molar-refractivity contribution in [3.63, 3.8) is 0 Å². The van der Waals surface area contributed by atoms with Crippen LogP contribution in [-0.4, -0.2) is 33.2 Å². The first-order valence-electron chi connectivity index (χ1n) is 10.7. The van der Waals surface area contributed by atoms with Gasteiger partial charge in [-0.3, -0.25) is 9.48 Å². The number of carbonyl (C=O) groups excluding carboxylic acids is 1. The topological polar surface area (TPSA) is 47.4 Å². The summed E-state index contributed by atoms with van der Waals surface area (Å²) in [6.07, 6.45) is 7.42. The molecule has 1 amide bonds. The van der Waals surface area contributed by atoms with Gasteiger partial charge in [-0.2, -0.15) is 5.10 Å². The zero-order valence-electron chi connectivity index (χ0n) is 17.2. The molecule has 0 bridgehead atoms. The second-order valence-electron chi connectivity index (χ2n) is 8.35. The Labute approximate surface area is 167 Å². The van der Waals surface area contributed by atoms with Gasteiger partial charge in [0.25, 0.3) is 5.91 Å². The Balaban J connectivity index is 1.56. The Hall–Kier alpha value is -2.30. The highest BCUT2D eigenvalue weighted by Crippen LogP contribution is 2.36. The van der Waals surface area contributed by atoms with Gasteiger partial charge in [0.05, 0.1) is 12.6 Å². The number of hydrogen-bond donors (Lipinski definition) is 0. The predicted molar refractivity (Wildman–Crippen MR) is 110 cm³/mol. The zero-order chi connectivity index (χ0) is 19.7. The van der Waals surface area contributed by atoms with Crippen LogP contribution >= 0.6 is 0 Å². The van der Waals surface area contributed by atoms with Crippen LogP contribution < -0.4 is 4.74 Å². The van der Waals surface area contributed by atoms with Gasteiger partial charge in [-0.05, 0) is 74.8 Å². The highest BCUT2D eigenvalue weighted by molar-refractivity contribution is 5.93. The lowest BCUT2D eigenvalue weighted by Crippen LogP contribution is -2.45. The molecule has 5 heteroatoms. The SMILES string of the molecule is CCCOc1ccc2c(c1)CC(C)N(C(=O)c1ccnn1CC1CCC1)C2C. The standard InChI is InChI=1S/C23H31N3O2/c1-4-12-28-20-8-9-21-17(3)26(16(2)13-19(21)14-20)23(27)22-10-11-24-25(22)15-18-6-5-7-18/h8-11,14,16-18H,4-7,12-13,15H2,1-3H3. The van der Waals surface area contributed by atoms with Crippen molar-refractivity contribution >= 4 is 5.91 Å². The third-order valence-corrected chi connectivity index (χ3v) is 6.27. The summed E-state index contributed by atoms with van der Waals surface area (Å²) in [5.41, 5.74) is 3.23. The van der Waals surface area contributed by atoms with E-state index in [2.05, 4.69) is 38.0 Å². The molecule has 2 atom stereocenters. The Morgan fingerprint density at radius 1 is 1.25 bits per heavy atom. The van der Waals surface area contributed by atoms with E-state index in [-0.39, 0.29) is 18.0 Å². The van der Waals surface area contributed by atoms with Crippen LogP contribution in [0.1, 0.15) is 74.1 Å². The van der Waals surface area contributed by atoms with E-state index in [0.29, 0.717) is 5.92 Å². The molecule has 28 heavy (non-hydrogen) atoms. The Morgan fingerprint density at radius 2 is 2.07 bits per heavy atom. The number of benzene rings is 1. The van der Waals surface area contributed by atoms with Gasteiger partial charge < -0.3 is 9.64 Å². The van der Waals surface area contributed by atoms with Crippen molar-refractivity contribution in [2.24, 2.45) is 5.92 Å². The maximum atomic E-state index is 13.4. The van der Waals surface area contributed by atoms with Crippen LogP contribution in [0.15, 0.2) is 30.5 Å². The largest absolute Gasteiger partial charge is 0.494 e. The van der Waals surface area contributed by atoms with Gasteiger partial charge in [-0.1, -0.05) is 19.4 Å². The van der Waals surface area contributed by atoms with Crippen molar-refractivity contribution < 1.29 is 9.53 Å². The van der Waals surface area contributed by atoms with Crippen LogP contribution in [0.2, 0.25) is 0 Å². The molecule has 1 aromatic carbocycles. The first-order valence-corrected chi connectivity index (χ1v) is 10.7. The van der Waals surface area contributed by atoms with Gasteiger partial charge in [0, 0.05) is 18.8 Å². The maximum absolute atomic E-state index is 13.4. The summed E-state index contributed by atoms with van der Waals surface area (Å²) >= 11 is 0. The van der Waals surface area contributed by atoms with E-state index in [0.717, 1.165) is 37.4 Å². The third-order valence-electron chi connectivity index (χ3n) is 6.27. The predicted octanol–water partition coefficient (Wildman–Crippen LogP) is 4.62. The van der Waals surface area contributed by atoms with Gasteiger partial charge >= 0.3 is 0 Å². The molecule has 0 radical (unpaired) electrons. The molecule has 150 valence electrons. The van der Waals surface area contributed by atoms with Gasteiger partial charge in [0.1, 0.15) is 11.4 Å². The summed E-state index contributed by atoms with van der Waals surface area (Å²) in [6, 6.07) is 8.37. The molecule has 1 fully saturated rings. The molecule has 2 aromatic rings. The number of ether oxygens (including phenoxy) is 1. The number of hydrogen-bond acceptors (Lipinski definition) is 3. The van der Waals surface area contributed by atoms with Crippen LogP contribution in [0, 0.1) is 5.92 Å². The highest BCUT2D eigenvalue weighted by atomic mass is 16.5. The summed E-state index contributed by atoms with van der Waals surface area (Å²) in [5.74, 6) is 1.69. The molecule has 1 saturated carbocycles. The molecular formula is C23H31N3O2. The lowest BCUT2D eigenvalue weighted by Gasteiger charge is -2.40. The summed E-state index contributed by atoms with van der Waals surface area (Å²) < 4.78 is 7.72. The minimum absolute atomic E-state index is 0.0403. The number of aromatic nitrogens is 2. The average Bonchev–Trinajstić information content (AvgIpc) is 3.11. The second kappa shape index (κ2) is 7.98. The maximum Gasteiger partial charge on any atom is 0.272 e. The summed E-state index contributed by atoms with van der Waals surface area (Å²) in [5, 5.41) is 4.44. The van der Waals surface area contributed by atoms with Gasteiger partial charge in [-0.25, -0.2) is 0 Å². The van der Waals surface area contributed by atoms with Gasteiger partial charge in [-0.15, -0.1) is 0 Å². The molecule has 0 N–H and O–H groups in total. The first kappa shape index (κ1) is 19.0. The number of nitrogens with zero attached hydrogens (tertiary/aromatic N) is 3. The monoisotopic (exact) mass is 381 g/mol. The lowest BCUT2D eigenvalue weighted by molar-refractivity contribution is 0.0564. The molecule has 4 rings (SSSR count). The van der Waals surface area contributed by atoms with Gasteiger partial charge in [0.15, 0.2) is 0 Å². The number of rotatable bonds is 6. The Kier molecular flexibility index (Phi) is 5.42. The Morgan fingerprint density at radius 3 is 2.79 bits per heavy atom. The highest BCUT2D eigenvalue weighted by Gasteiger charge is 2.35. The minimum atomic E-state index is 0.0403. The molecule has 0 saturated heterocycles. The summed E-state index contributed by atoms with van der Waals surface area (Å²) in [7, 11) is 0. The van der Waals surface area contributed by atoms with E-state index in [1.165, 1.54) is 30.4 Å². The van der Waals surface area contributed by atoms with Crippen LogP contribution in [-0.2, 0) is 13.0 Å². The normalized spacial score (nSPS) is 21.9. The fourth-order valence-corrected chi connectivity index (χ4v) is 4.51. The van der Waals surface area contributed by atoms with Crippen LogP contribution in [0.4, 0.5) is 0 Å². The molecule has 1 aliphatic heterocycles. The quantitative estimate of drug-likeness (QED) is 0.733. The molecule has 0 spiro atoms. The van der Waals surface area contributed by atoms with E-state index in [9.17, 15) is 4.79 Å². The van der Waals surface area contributed by atoms with Crippen molar-refractivity contribution in [3.05, 3.63) is 47.3 Å². The number of fused-ring (bicyclic) bond motifs is 1. The van der Waals surface area contributed by atoms with Crippen molar-refractivity contribution in [1.82, 2.24) is 14.7 Å². The molecule has 1 aromatic heterocycles. The van der Waals surface area contributed by atoms with Gasteiger partial charge in [0.2, 0.25) is 0 Å². The average molecular weight is 382 g/mol. The van der Waals surface area contributed by atoms with Crippen molar-refractivity contribution in [2.45, 2.75) is 71.5 Å². The molecule has 5 nitrogen and oxygen atoms in total. The van der Waals surface area contributed by atoms with Crippen molar-refractivity contribution in [3.8, 4) is 5.75 Å². The second-order valence-corrected chi connectivity index (χ2v) is 8.35. The third kappa shape index (κ3) is 3.54. The number of carbonyl (C=O) groups is 1. The van der Waals surface area contributed by atoms with E-state index in [4.69, 9.17) is 4.74 Å². The smallest absolute Gasteiger partial charge is 0.272 e. The van der Waals surface area contributed by atoms with Crippen LogP contribution in [0.25, 0.3) is 0 Å². The lowest BCUT2D eigenvalue weighted by atomic mass is 9.85. The molecule has 1 aliphatic carbocycles. The van der Waals surface area contributed by atoms with E-state index in [1.807, 2.05) is 21.7 Å². The van der Waals surface area contributed by atoms with E-state index in [1.54, 1.807) is 6.20 Å².